The lowest BCUT2D eigenvalue weighted by Gasteiger charge is -2.55. The third kappa shape index (κ3) is 6.04. The molecule has 0 unspecified atom stereocenters. The van der Waals surface area contributed by atoms with Gasteiger partial charge in [0.05, 0.1) is 12.2 Å². The zero-order chi connectivity index (χ0) is 33.6. The Labute approximate surface area is 271 Å². The second-order valence-electron chi connectivity index (χ2n) is 13.2. The number of ether oxygens (including phenoxy) is 2. The molecule has 2 aromatic carbocycles. The summed E-state index contributed by atoms with van der Waals surface area (Å²) in [7, 11) is 3.41. The van der Waals surface area contributed by atoms with Gasteiger partial charge in [-0.15, -0.1) is 0 Å². The Bertz CT molecular complexity index is 1630. The number of oxime groups is 1. The van der Waals surface area contributed by atoms with Gasteiger partial charge in [-0.25, -0.2) is 9.18 Å². The van der Waals surface area contributed by atoms with Crippen LogP contribution in [0.1, 0.15) is 68.9 Å². The Balaban J connectivity index is 1.35. The average Bonchev–Trinajstić information content (AvgIpc) is 3.33. The first-order valence-electron chi connectivity index (χ1n) is 15.9. The summed E-state index contributed by atoms with van der Waals surface area (Å²) < 4.78 is 67.6. The van der Waals surface area contributed by atoms with Crippen LogP contribution >= 0.6 is 0 Å². The maximum absolute atomic E-state index is 14.2. The Morgan fingerprint density at radius 3 is 2.40 bits per heavy atom. The molecule has 4 aliphatic rings. The number of rotatable bonds is 7. The van der Waals surface area contributed by atoms with E-state index in [0.29, 0.717) is 25.4 Å². The quantitative estimate of drug-likeness (QED) is 0.141. The van der Waals surface area contributed by atoms with E-state index in [0.717, 1.165) is 55.4 Å². The van der Waals surface area contributed by atoms with E-state index >= 15 is 0 Å². The summed E-state index contributed by atoms with van der Waals surface area (Å²) >= 11 is 0. The summed E-state index contributed by atoms with van der Waals surface area (Å²) in [4.78, 5) is 29.1. The van der Waals surface area contributed by atoms with Crippen LogP contribution in [-0.4, -0.2) is 50.2 Å². The van der Waals surface area contributed by atoms with Gasteiger partial charge < -0.3 is 9.47 Å². The predicted molar refractivity (Wildman–Crippen MR) is 167 cm³/mol. The second-order valence-corrected chi connectivity index (χ2v) is 13.2. The Morgan fingerprint density at radius 1 is 1.02 bits per heavy atom. The van der Waals surface area contributed by atoms with Crippen LogP contribution in [0.3, 0.4) is 0 Å². The van der Waals surface area contributed by atoms with Gasteiger partial charge in [0.15, 0.2) is 11.5 Å². The summed E-state index contributed by atoms with van der Waals surface area (Å²) in [6.07, 6.45) is 1.03. The molecule has 2 saturated carbocycles. The Kier molecular flexibility index (Phi) is 8.90. The highest BCUT2D eigenvalue weighted by atomic mass is 19.4. The number of nitrogens with one attached hydrogen (secondary N) is 1. The summed E-state index contributed by atoms with van der Waals surface area (Å²) in [5.41, 5.74) is 2.25. The molecule has 0 heterocycles. The largest absolute Gasteiger partial charge is 0.437 e. The Hall–Kier alpha value is -3.83. The van der Waals surface area contributed by atoms with Gasteiger partial charge in [0, 0.05) is 43.2 Å². The van der Waals surface area contributed by atoms with Crippen LogP contribution in [0.5, 0.6) is 0 Å². The highest BCUT2D eigenvalue weighted by Crippen LogP contribution is 2.67. The number of carbonyl (C=O) groups excluding carboxylic acids is 2. The standard InChI is InChI=1S/C36H38F4N2O5/c1-34-19-29(31-27-15-13-26(43)18-23(27)8-14-28(31)30(34)16-17-35(34,46-3)20-45-2)21-4-6-22(7-5-21)32(36(38,39)40)42-47-33(44)41-25-11-9-24(37)10-12-25/h4-7,9-12,18,28-30H,8,13-17,19-20H2,1-3H3,(H,41,44)/b42-32-/t28-,29+,30-,34-,35+/m0/s1. The summed E-state index contributed by atoms with van der Waals surface area (Å²) in [5, 5.41) is 5.40. The molecule has 0 radical (unpaired) electrons. The number of nitrogens with zero attached hydrogens (tertiary/aromatic N) is 1. The van der Waals surface area contributed by atoms with Crippen molar-refractivity contribution < 1.29 is 41.5 Å². The number of fused-ring (bicyclic) bond motifs is 4. The zero-order valence-electron chi connectivity index (χ0n) is 26.6. The van der Waals surface area contributed by atoms with E-state index in [1.807, 2.05) is 0 Å². The number of benzene rings is 2. The van der Waals surface area contributed by atoms with Crippen molar-refractivity contribution >= 4 is 23.3 Å². The summed E-state index contributed by atoms with van der Waals surface area (Å²) in [5.74, 6) is 0.0989. The topological polar surface area (TPSA) is 86.2 Å². The fourth-order valence-electron chi connectivity index (χ4n) is 8.80. The average molecular weight is 655 g/mol. The van der Waals surface area contributed by atoms with Crippen LogP contribution in [0.25, 0.3) is 0 Å². The minimum Gasteiger partial charge on any atom is -0.382 e. The number of hydrogen-bond donors (Lipinski definition) is 1. The lowest BCUT2D eigenvalue weighted by atomic mass is 9.51. The van der Waals surface area contributed by atoms with Crippen LogP contribution in [0.15, 0.2) is 76.5 Å². The van der Waals surface area contributed by atoms with Crippen molar-refractivity contribution in [3.05, 3.63) is 88.3 Å². The number of allylic oxidation sites excluding steroid dienone is 4. The van der Waals surface area contributed by atoms with E-state index in [1.165, 1.54) is 35.4 Å². The highest BCUT2D eigenvalue weighted by molar-refractivity contribution is 6.04. The van der Waals surface area contributed by atoms with Crippen molar-refractivity contribution in [2.45, 2.75) is 69.6 Å². The van der Waals surface area contributed by atoms with E-state index in [2.05, 4.69) is 22.2 Å². The normalized spacial score (nSPS) is 29.1. The van der Waals surface area contributed by atoms with Crippen LogP contribution < -0.4 is 5.32 Å². The lowest BCUT2D eigenvalue weighted by Crippen LogP contribution is -2.54. The molecule has 5 atom stereocenters. The molecule has 0 bridgehead atoms. The maximum Gasteiger partial charge on any atom is 0.437 e. The molecule has 0 spiro atoms. The van der Waals surface area contributed by atoms with E-state index in [-0.39, 0.29) is 34.3 Å². The molecular formula is C36H38F4N2O5. The molecule has 0 aliphatic heterocycles. The predicted octanol–water partition coefficient (Wildman–Crippen LogP) is 8.27. The van der Waals surface area contributed by atoms with Crippen molar-refractivity contribution in [3.8, 4) is 0 Å². The molecule has 11 heteroatoms. The number of halogens is 4. The van der Waals surface area contributed by atoms with Crippen LogP contribution in [0.2, 0.25) is 0 Å². The van der Waals surface area contributed by atoms with E-state index in [1.54, 1.807) is 32.4 Å². The molecule has 7 nitrogen and oxygen atoms in total. The monoisotopic (exact) mass is 654 g/mol. The van der Waals surface area contributed by atoms with Gasteiger partial charge >= 0.3 is 12.3 Å². The molecule has 2 aromatic rings. The van der Waals surface area contributed by atoms with Crippen LogP contribution in [0.4, 0.5) is 28.0 Å². The highest BCUT2D eigenvalue weighted by Gasteiger charge is 2.63. The smallest absolute Gasteiger partial charge is 0.382 e. The minimum absolute atomic E-state index is 0.101. The van der Waals surface area contributed by atoms with Gasteiger partial charge in [0.2, 0.25) is 0 Å². The molecule has 1 amide bonds. The summed E-state index contributed by atoms with van der Waals surface area (Å²) in [6, 6.07) is 10.8. The van der Waals surface area contributed by atoms with Crippen molar-refractivity contribution in [2.24, 2.45) is 22.4 Å². The molecule has 0 saturated heterocycles. The fraction of sp³-hybridized carbons (Fsp3) is 0.472. The van der Waals surface area contributed by atoms with Crippen LogP contribution in [-0.2, 0) is 19.1 Å². The zero-order valence-corrected chi connectivity index (χ0v) is 26.6. The van der Waals surface area contributed by atoms with Gasteiger partial charge in [-0.05, 0) is 97.4 Å². The first kappa shape index (κ1) is 33.1. The van der Waals surface area contributed by atoms with Gasteiger partial charge in [0.1, 0.15) is 5.82 Å². The second kappa shape index (κ2) is 12.6. The van der Waals surface area contributed by atoms with E-state index < -0.39 is 29.4 Å². The maximum atomic E-state index is 14.2. The van der Waals surface area contributed by atoms with Gasteiger partial charge in [-0.1, -0.05) is 41.9 Å². The third-order valence-corrected chi connectivity index (χ3v) is 11.0. The van der Waals surface area contributed by atoms with E-state index in [9.17, 15) is 27.2 Å². The SMILES string of the molecule is COC[C@]1(OC)CC[C@H]2[C@@H]3CCC4=CC(=O)CCC4=C3[C@@H](c3ccc(/C(=N/OC(=O)Nc4ccc(F)cc4)C(F)(F)F)cc3)C[C@@]21C. The molecule has 47 heavy (non-hydrogen) atoms. The molecule has 1 N–H and O–H groups in total. The number of hydrogen-bond acceptors (Lipinski definition) is 6. The molecular weight excluding hydrogens is 616 g/mol. The first-order valence-corrected chi connectivity index (χ1v) is 15.9. The number of anilines is 1. The van der Waals surface area contributed by atoms with Crippen molar-refractivity contribution in [3.63, 3.8) is 0 Å². The van der Waals surface area contributed by atoms with Crippen molar-refractivity contribution in [1.82, 2.24) is 0 Å². The molecule has 4 aliphatic carbocycles. The molecule has 250 valence electrons. The number of amides is 1. The first-order chi connectivity index (χ1) is 22.4. The number of carbonyl (C=O) groups is 2. The van der Waals surface area contributed by atoms with Gasteiger partial charge in [-0.3, -0.25) is 14.9 Å². The van der Waals surface area contributed by atoms with Gasteiger partial charge in [-0.2, -0.15) is 13.2 Å². The van der Waals surface area contributed by atoms with E-state index in [4.69, 9.17) is 9.47 Å². The molecule has 0 aromatic heterocycles. The number of methoxy groups -OCH3 is 2. The van der Waals surface area contributed by atoms with Crippen LogP contribution in [0, 0.1) is 23.1 Å². The Morgan fingerprint density at radius 2 is 1.74 bits per heavy atom. The lowest BCUT2D eigenvalue weighted by molar-refractivity contribution is -0.149. The van der Waals surface area contributed by atoms with Crippen molar-refractivity contribution in [1.29, 1.82) is 0 Å². The number of ketones is 1. The fourth-order valence-corrected chi connectivity index (χ4v) is 8.80. The molecule has 2 fully saturated rings. The molecule has 6 rings (SSSR count). The minimum atomic E-state index is -4.92. The third-order valence-electron chi connectivity index (χ3n) is 11.0. The van der Waals surface area contributed by atoms with Gasteiger partial charge in [0.25, 0.3) is 0 Å². The number of alkyl halides is 3. The summed E-state index contributed by atoms with van der Waals surface area (Å²) in [6.45, 7) is 2.72. The van der Waals surface area contributed by atoms with Crippen molar-refractivity contribution in [2.75, 3.05) is 26.1 Å².